The number of ether oxygens (including phenoxy) is 1. The summed E-state index contributed by atoms with van der Waals surface area (Å²) in [7, 11) is -4.30. The van der Waals surface area contributed by atoms with E-state index in [1.165, 1.54) is 12.1 Å². The minimum Gasteiger partial charge on any atom is -0.480 e. The maximum Gasteiger partial charge on any atom is 0.387 e. The summed E-state index contributed by atoms with van der Waals surface area (Å²) in [5.74, 6) is -1.87. The second kappa shape index (κ2) is 8.04. The molecule has 0 aromatic heterocycles. The molecule has 0 aliphatic rings. The van der Waals surface area contributed by atoms with Crippen molar-refractivity contribution in [2.45, 2.75) is 43.7 Å². The third-order valence-corrected chi connectivity index (χ3v) is 4.31. The molecule has 0 spiro atoms. The van der Waals surface area contributed by atoms with E-state index in [9.17, 15) is 22.0 Å². The summed E-state index contributed by atoms with van der Waals surface area (Å²) in [5.41, 5.74) is 0. The lowest BCUT2D eigenvalue weighted by Crippen LogP contribution is -2.40. The third kappa shape index (κ3) is 5.23. The molecule has 6 nitrogen and oxygen atoms in total. The van der Waals surface area contributed by atoms with Crippen LogP contribution in [0.1, 0.15) is 26.2 Å². The predicted molar refractivity (Wildman–Crippen MR) is 74.3 cm³/mol. The molecule has 1 rings (SSSR count). The van der Waals surface area contributed by atoms with Gasteiger partial charge in [0.15, 0.2) is 0 Å². The number of aliphatic carboxylic acids is 1. The van der Waals surface area contributed by atoms with E-state index in [-0.39, 0.29) is 6.42 Å². The zero-order valence-corrected chi connectivity index (χ0v) is 12.6. The van der Waals surface area contributed by atoms with Gasteiger partial charge in [0.2, 0.25) is 10.0 Å². The van der Waals surface area contributed by atoms with Gasteiger partial charge in [-0.2, -0.15) is 13.5 Å². The summed E-state index contributed by atoms with van der Waals surface area (Å²) >= 11 is 0. The first-order valence-corrected chi connectivity index (χ1v) is 8.05. The van der Waals surface area contributed by atoms with Crippen LogP contribution in [-0.2, 0) is 14.8 Å². The number of rotatable bonds is 9. The largest absolute Gasteiger partial charge is 0.480 e. The molecule has 0 unspecified atom stereocenters. The van der Waals surface area contributed by atoms with E-state index in [1.807, 2.05) is 11.6 Å². The van der Waals surface area contributed by atoms with Crippen molar-refractivity contribution in [3.8, 4) is 5.75 Å². The summed E-state index contributed by atoms with van der Waals surface area (Å²) in [4.78, 5) is 10.6. The van der Waals surface area contributed by atoms with Gasteiger partial charge in [-0.25, -0.2) is 8.42 Å². The number of nitrogens with one attached hydrogen (secondary N) is 1. The van der Waals surface area contributed by atoms with Crippen molar-refractivity contribution in [3.63, 3.8) is 0 Å². The molecule has 0 aliphatic heterocycles. The molecule has 9 heteroatoms. The first-order chi connectivity index (χ1) is 10.3. The summed E-state index contributed by atoms with van der Waals surface area (Å²) < 4.78 is 55.2. The zero-order valence-electron chi connectivity index (χ0n) is 11.8. The highest BCUT2D eigenvalue weighted by Gasteiger charge is 2.27. The van der Waals surface area contributed by atoms with Crippen LogP contribution in [0.5, 0.6) is 5.75 Å². The van der Waals surface area contributed by atoms with Gasteiger partial charge in [0, 0.05) is 0 Å². The zero-order chi connectivity index (χ0) is 16.8. The van der Waals surface area contributed by atoms with Crippen LogP contribution in [0.3, 0.4) is 0 Å². The van der Waals surface area contributed by atoms with Gasteiger partial charge in [-0.05, 0) is 18.6 Å². The number of carboxylic acid groups (broad SMARTS) is 1. The van der Waals surface area contributed by atoms with Gasteiger partial charge in [-0.1, -0.05) is 31.9 Å². The Morgan fingerprint density at radius 3 is 2.55 bits per heavy atom. The fourth-order valence-corrected chi connectivity index (χ4v) is 3.12. The molecular weight excluding hydrogens is 320 g/mol. The molecule has 22 heavy (non-hydrogen) atoms. The van der Waals surface area contributed by atoms with Crippen molar-refractivity contribution in [2.24, 2.45) is 0 Å². The van der Waals surface area contributed by atoms with Gasteiger partial charge in [-0.15, -0.1) is 0 Å². The second-order valence-electron chi connectivity index (χ2n) is 4.48. The van der Waals surface area contributed by atoms with E-state index in [1.54, 1.807) is 0 Å². The molecule has 0 aliphatic carbocycles. The van der Waals surface area contributed by atoms with Crippen molar-refractivity contribution in [2.75, 3.05) is 0 Å². The Morgan fingerprint density at radius 2 is 2.00 bits per heavy atom. The van der Waals surface area contributed by atoms with Crippen LogP contribution in [0.2, 0.25) is 0 Å². The van der Waals surface area contributed by atoms with E-state index < -0.39 is 39.3 Å². The summed E-state index contributed by atoms with van der Waals surface area (Å²) in [6.07, 6.45) is 1.30. The van der Waals surface area contributed by atoms with Crippen LogP contribution >= 0.6 is 0 Å². The van der Waals surface area contributed by atoms with Crippen molar-refractivity contribution >= 4 is 16.0 Å². The molecule has 124 valence electrons. The summed E-state index contributed by atoms with van der Waals surface area (Å²) in [6.45, 7) is -1.36. The molecule has 0 radical (unpaired) electrons. The van der Waals surface area contributed by atoms with E-state index >= 15 is 0 Å². The molecule has 0 amide bonds. The molecule has 0 heterocycles. The SMILES string of the molecule is CCCC[C@H](NS(=O)(=O)c1ccccc1OC(F)F)C(=O)O. The molecule has 1 atom stereocenters. The number of benzene rings is 1. The molecule has 0 bridgehead atoms. The normalized spacial score (nSPS) is 13.1. The highest BCUT2D eigenvalue weighted by atomic mass is 32.2. The topological polar surface area (TPSA) is 92.7 Å². The Balaban J connectivity index is 3.05. The number of hydrogen-bond acceptors (Lipinski definition) is 4. The molecule has 0 saturated heterocycles. The Morgan fingerprint density at radius 1 is 1.36 bits per heavy atom. The molecule has 1 aromatic carbocycles. The lowest BCUT2D eigenvalue weighted by molar-refractivity contribution is -0.139. The van der Waals surface area contributed by atoms with Gasteiger partial charge >= 0.3 is 12.6 Å². The maximum atomic E-state index is 12.3. The van der Waals surface area contributed by atoms with Gasteiger partial charge in [-0.3, -0.25) is 4.79 Å². The van der Waals surface area contributed by atoms with Crippen LogP contribution in [0, 0.1) is 0 Å². The number of hydrogen-bond donors (Lipinski definition) is 2. The van der Waals surface area contributed by atoms with Gasteiger partial charge in [0.25, 0.3) is 0 Å². The standard InChI is InChI=1S/C13H17F2NO5S/c1-2-3-6-9(12(17)18)16-22(19,20)11-8-5-4-7-10(11)21-13(14)15/h4-5,7-9,13,16H,2-3,6H2,1H3,(H,17,18)/t9-/m0/s1. The minimum absolute atomic E-state index is 0.100. The Labute approximate surface area is 127 Å². The molecular formula is C13H17F2NO5S. The Kier molecular flexibility index (Phi) is 6.69. The average Bonchev–Trinajstić information content (AvgIpc) is 2.43. The number of unbranched alkanes of at least 4 members (excludes halogenated alkanes) is 1. The molecule has 0 saturated carbocycles. The smallest absolute Gasteiger partial charge is 0.387 e. The predicted octanol–water partition coefficient (Wildman–Crippen LogP) is 2.21. The lowest BCUT2D eigenvalue weighted by Gasteiger charge is -2.16. The first kappa shape index (κ1) is 18.3. The van der Waals surface area contributed by atoms with E-state index in [0.717, 1.165) is 12.1 Å². The summed E-state index contributed by atoms with van der Waals surface area (Å²) in [6, 6.07) is 3.47. The lowest BCUT2D eigenvalue weighted by atomic mass is 10.1. The van der Waals surface area contributed by atoms with Crippen molar-refractivity contribution in [1.82, 2.24) is 4.72 Å². The van der Waals surface area contributed by atoms with Crippen LogP contribution in [0.4, 0.5) is 8.78 Å². The maximum absolute atomic E-state index is 12.3. The number of carbonyl (C=O) groups is 1. The number of sulfonamides is 1. The third-order valence-electron chi connectivity index (χ3n) is 2.80. The van der Waals surface area contributed by atoms with Crippen molar-refractivity contribution in [1.29, 1.82) is 0 Å². The molecule has 2 N–H and O–H groups in total. The molecule has 1 aromatic rings. The number of alkyl halides is 2. The fourth-order valence-electron chi connectivity index (χ4n) is 1.76. The van der Waals surface area contributed by atoms with E-state index in [2.05, 4.69) is 4.74 Å². The summed E-state index contributed by atoms with van der Waals surface area (Å²) in [5, 5.41) is 9.05. The Hall–Kier alpha value is -1.74. The fraction of sp³-hybridized carbons (Fsp3) is 0.462. The monoisotopic (exact) mass is 337 g/mol. The van der Waals surface area contributed by atoms with E-state index in [4.69, 9.17) is 5.11 Å². The molecule has 0 fully saturated rings. The first-order valence-electron chi connectivity index (χ1n) is 6.57. The van der Waals surface area contributed by atoms with Gasteiger partial charge in [0.1, 0.15) is 16.7 Å². The van der Waals surface area contributed by atoms with Crippen LogP contribution in [0.25, 0.3) is 0 Å². The van der Waals surface area contributed by atoms with E-state index in [0.29, 0.717) is 12.8 Å². The van der Waals surface area contributed by atoms with Gasteiger partial charge < -0.3 is 9.84 Å². The number of carboxylic acids is 1. The van der Waals surface area contributed by atoms with Crippen molar-refractivity contribution in [3.05, 3.63) is 24.3 Å². The quantitative estimate of drug-likeness (QED) is 0.721. The Bertz CT molecular complexity index is 606. The van der Waals surface area contributed by atoms with Crippen molar-refractivity contribution < 1.29 is 31.8 Å². The van der Waals surface area contributed by atoms with Crippen LogP contribution < -0.4 is 9.46 Å². The minimum atomic E-state index is -4.30. The second-order valence-corrected chi connectivity index (χ2v) is 6.16. The van der Waals surface area contributed by atoms with Crippen LogP contribution in [0.15, 0.2) is 29.2 Å². The van der Waals surface area contributed by atoms with Gasteiger partial charge in [0.05, 0.1) is 0 Å². The number of halogens is 2. The highest BCUT2D eigenvalue weighted by molar-refractivity contribution is 7.89. The average molecular weight is 337 g/mol. The highest BCUT2D eigenvalue weighted by Crippen LogP contribution is 2.25. The number of para-hydroxylation sites is 1. The van der Waals surface area contributed by atoms with Crippen LogP contribution in [-0.4, -0.2) is 32.1 Å².